The van der Waals surface area contributed by atoms with E-state index in [0.717, 1.165) is 12.8 Å². The topological polar surface area (TPSA) is 43.1 Å². The molecule has 1 rings (SSSR count). The summed E-state index contributed by atoms with van der Waals surface area (Å²) in [5.41, 5.74) is 6.62. The molecule has 0 fully saturated rings. The van der Waals surface area contributed by atoms with Crippen molar-refractivity contribution < 1.29 is 4.79 Å². The van der Waals surface area contributed by atoms with Crippen LogP contribution in [-0.4, -0.2) is 5.91 Å². The Balaban J connectivity index is 1.70. The molecule has 2 nitrogen and oxygen atoms in total. The Labute approximate surface area is 162 Å². The Kier molecular flexibility index (Phi) is 15.0. The lowest BCUT2D eigenvalue weighted by Crippen LogP contribution is -2.09. The second kappa shape index (κ2) is 17.1. The standard InChI is InChI=1S/C24H41NO/c25-24(26)22-18-13-11-9-7-5-3-1-2-4-6-8-10-12-15-19-23-20-16-14-17-21-23/h14,16-17,20-21H,1-13,15,18-19,22H2,(H2,25,26). The molecule has 2 N–H and O–H groups in total. The number of carbonyl (C=O) groups excluding carboxylic acids is 1. The van der Waals surface area contributed by atoms with Crippen molar-refractivity contribution >= 4 is 5.91 Å². The zero-order valence-electron chi connectivity index (χ0n) is 16.9. The summed E-state index contributed by atoms with van der Waals surface area (Å²) >= 11 is 0. The molecule has 0 radical (unpaired) electrons. The molecule has 26 heavy (non-hydrogen) atoms. The molecule has 0 aliphatic carbocycles. The second-order valence-corrected chi connectivity index (χ2v) is 7.76. The van der Waals surface area contributed by atoms with Gasteiger partial charge in [-0.3, -0.25) is 4.79 Å². The molecule has 0 aliphatic rings. The predicted octanol–water partition coefficient (Wildman–Crippen LogP) is 6.96. The fraction of sp³-hybridized carbons (Fsp3) is 0.708. The van der Waals surface area contributed by atoms with Crippen molar-refractivity contribution in [2.75, 3.05) is 0 Å². The van der Waals surface area contributed by atoms with Gasteiger partial charge in [0.1, 0.15) is 0 Å². The van der Waals surface area contributed by atoms with Crippen LogP contribution in [0.1, 0.15) is 108 Å². The monoisotopic (exact) mass is 359 g/mol. The molecule has 0 bridgehead atoms. The maximum absolute atomic E-state index is 10.6. The Morgan fingerprint density at radius 1 is 0.577 bits per heavy atom. The van der Waals surface area contributed by atoms with Gasteiger partial charge < -0.3 is 5.73 Å². The molecule has 0 aliphatic heterocycles. The van der Waals surface area contributed by atoms with Gasteiger partial charge in [-0.15, -0.1) is 0 Å². The van der Waals surface area contributed by atoms with Crippen molar-refractivity contribution in [3.05, 3.63) is 35.9 Å². The van der Waals surface area contributed by atoms with E-state index >= 15 is 0 Å². The molecular weight excluding hydrogens is 318 g/mol. The molecule has 1 aromatic carbocycles. The van der Waals surface area contributed by atoms with Gasteiger partial charge in [-0.1, -0.05) is 114 Å². The first-order valence-electron chi connectivity index (χ1n) is 11.1. The van der Waals surface area contributed by atoms with E-state index in [4.69, 9.17) is 5.73 Å². The fourth-order valence-electron chi connectivity index (χ4n) is 3.57. The lowest BCUT2D eigenvalue weighted by atomic mass is 10.0. The second-order valence-electron chi connectivity index (χ2n) is 7.76. The lowest BCUT2D eigenvalue weighted by molar-refractivity contribution is -0.118. The van der Waals surface area contributed by atoms with Gasteiger partial charge in [-0.05, 0) is 24.8 Å². The number of aryl methyl sites for hydroxylation is 1. The average Bonchev–Trinajstić information content (AvgIpc) is 2.65. The van der Waals surface area contributed by atoms with Gasteiger partial charge in [0, 0.05) is 6.42 Å². The number of amides is 1. The van der Waals surface area contributed by atoms with Crippen LogP contribution >= 0.6 is 0 Å². The van der Waals surface area contributed by atoms with Crippen molar-refractivity contribution in [2.24, 2.45) is 5.73 Å². The third-order valence-electron chi connectivity index (χ3n) is 5.23. The Morgan fingerprint density at radius 3 is 1.38 bits per heavy atom. The number of hydrogen-bond acceptors (Lipinski definition) is 1. The molecule has 0 saturated heterocycles. The SMILES string of the molecule is NC(=O)CCCCCCCCCCCCCCCCCc1ccccc1. The van der Waals surface area contributed by atoms with Crippen molar-refractivity contribution in [2.45, 2.75) is 109 Å². The van der Waals surface area contributed by atoms with Crippen LogP contribution in [0.2, 0.25) is 0 Å². The van der Waals surface area contributed by atoms with Crippen molar-refractivity contribution in [3.8, 4) is 0 Å². The summed E-state index contributed by atoms with van der Waals surface area (Å²) in [6.07, 6.45) is 21.9. The first kappa shape index (κ1) is 22.7. The molecular formula is C24H41NO. The Morgan fingerprint density at radius 2 is 0.962 bits per heavy atom. The fourth-order valence-corrected chi connectivity index (χ4v) is 3.57. The highest BCUT2D eigenvalue weighted by Gasteiger charge is 1.97. The molecule has 1 aromatic rings. The zero-order valence-corrected chi connectivity index (χ0v) is 16.9. The van der Waals surface area contributed by atoms with Gasteiger partial charge in [0.25, 0.3) is 0 Å². The van der Waals surface area contributed by atoms with Gasteiger partial charge in [-0.2, -0.15) is 0 Å². The van der Waals surface area contributed by atoms with Gasteiger partial charge in [0.05, 0.1) is 0 Å². The Bertz CT molecular complexity index is 429. The van der Waals surface area contributed by atoms with E-state index in [0.29, 0.717) is 6.42 Å². The highest BCUT2D eigenvalue weighted by molar-refractivity contribution is 5.73. The van der Waals surface area contributed by atoms with Crippen molar-refractivity contribution in [1.82, 2.24) is 0 Å². The molecule has 0 atom stereocenters. The molecule has 0 saturated carbocycles. The minimum atomic E-state index is -0.155. The largest absolute Gasteiger partial charge is 0.370 e. The van der Waals surface area contributed by atoms with Crippen LogP contribution in [0.5, 0.6) is 0 Å². The summed E-state index contributed by atoms with van der Waals surface area (Å²) < 4.78 is 0. The maximum Gasteiger partial charge on any atom is 0.217 e. The molecule has 0 aromatic heterocycles. The highest BCUT2D eigenvalue weighted by atomic mass is 16.1. The summed E-state index contributed by atoms with van der Waals surface area (Å²) in [5.74, 6) is -0.155. The Hall–Kier alpha value is -1.31. The van der Waals surface area contributed by atoms with Crippen molar-refractivity contribution in [3.63, 3.8) is 0 Å². The summed E-state index contributed by atoms with van der Waals surface area (Å²) in [6.45, 7) is 0. The highest BCUT2D eigenvalue weighted by Crippen LogP contribution is 2.14. The van der Waals surface area contributed by atoms with Gasteiger partial charge in [0.15, 0.2) is 0 Å². The van der Waals surface area contributed by atoms with E-state index < -0.39 is 0 Å². The lowest BCUT2D eigenvalue weighted by Gasteiger charge is -2.04. The van der Waals surface area contributed by atoms with Gasteiger partial charge in [-0.25, -0.2) is 0 Å². The number of hydrogen-bond donors (Lipinski definition) is 1. The van der Waals surface area contributed by atoms with E-state index in [2.05, 4.69) is 30.3 Å². The van der Waals surface area contributed by atoms with Crippen LogP contribution in [0.4, 0.5) is 0 Å². The first-order valence-corrected chi connectivity index (χ1v) is 11.1. The van der Waals surface area contributed by atoms with E-state index in [-0.39, 0.29) is 5.91 Å². The minimum absolute atomic E-state index is 0.155. The van der Waals surface area contributed by atoms with E-state index in [1.54, 1.807) is 0 Å². The number of unbranched alkanes of at least 4 members (excludes halogenated alkanes) is 14. The smallest absolute Gasteiger partial charge is 0.217 e. The van der Waals surface area contributed by atoms with E-state index in [1.165, 1.54) is 95.5 Å². The summed E-state index contributed by atoms with van der Waals surface area (Å²) in [6, 6.07) is 10.9. The van der Waals surface area contributed by atoms with Gasteiger partial charge in [0.2, 0.25) is 5.91 Å². The van der Waals surface area contributed by atoms with Crippen LogP contribution in [0.25, 0.3) is 0 Å². The number of nitrogens with two attached hydrogens (primary N) is 1. The molecule has 0 spiro atoms. The summed E-state index contributed by atoms with van der Waals surface area (Å²) in [7, 11) is 0. The third-order valence-corrected chi connectivity index (χ3v) is 5.23. The van der Waals surface area contributed by atoms with Crippen LogP contribution in [-0.2, 0) is 11.2 Å². The first-order chi connectivity index (χ1) is 12.8. The molecule has 2 heteroatoms. The molecule has 0 heterocycles. The molecule has 148 valence electrons. The number of benzene rings is 1. The summed E-state index contributed by atoms with van der Waals surface area (Å²) in [4.78, 5) is 10.6. The van der Waals surface area contributed by atoms with E-state index in [9.17, 15) is 4.79 Å². The van der Waals surface area contributed by atoms with Crippen LogP contribution < -0.4 is 5.73 Å². The average molecular weight is 360 g/mol. The minimum Gasteiger partial charge on any atom is -0.370 e. The van der Waals surface area contributed by atoms with Crippen LogP contribution in [0.3, 0.4) is 0 Å². The zero-order chi connectivity index (χ0) is 18.7. The van der Waals surface area contributed by atoms with E-state index in [1.807, 2.05) is 0 Å². The number of primary amides is 1. The molecule has 0 unspecified atom stereocenters. The predicted molar refractivity (Wildman–Crippen MR) is 113 cm³/mol. The van der Waals surface area contributed by atoms with Crippen molar-refractivity contribution in [1.29, 1.82) is 0 Å². The molecule has 1 amide bonds. The van der Waals surface area contributed by atoms with Crippen LogP contribution in [0, 0.1) is 0 Å². The third kappa shape index (κ3) is 15.0. The summed E-state index contributed by atoms with van der Waals surface area (Å²) in [5, 5.41) is 0. The maximum atomic E-state index is 10.6. The van der Waals surface area contributed by atoms with Crippen LogP contribution in [0.15, 0.2) is 30.3 Å². The number of carbonyl (C=O) groups is 1. The quantitative estimate of drug-likeness (QED) is 0.283. The van der Waals surface area contributed by atoms with Gasteiger partial charge >= 0.3 is 0 Å². The normalized spacial score (nSPS) is 10.9. The number of rotatable bonds is 18.